The van der Waals surface area contributed by atoms with Crippen molar-refractivity contribution in [2.75, 3.05) is 5.32 Å². The van der Waals surface area contributed by atoms with E-state index in [0.717, 1.165) is 36.8 Å². The van der Waals surface area contributed by atoms with Crippen LogP contribution >= 0.6 is 0 Å². The van der Waals surface area contributed by atoms with Crippen LogP contribution in [0.1, 0.15) is 101 Å². The van der Waals surface area contributed by atoms with Gasteiger partial charge in [0.15, 0.2) is 0 Å². The zero-order valence-electron chi connectivity index (χ0n) is 22.4. The van der Waals surface area contributed by atoms with Gasteiger partial charge in [0.1, 0.15) is 0 Å². The number of carboxylic acid groups (broad SMARTS) is 1. The molecule has 2 aromatic rings. The number of hydrogen-bond acceptors (Lipinski definition) is 3. The minimum absolute atomic E-state index is 0.0255. The molecule has 0 bridgehead atoms. The molecule has 0 saturated heterocycles. The topological polar surface area (TPSA) is 95.5 Å². The van der Waals surface area contributed by atoms with Crippen LogP contribution in [-0.2, 0) is 14.4 Å². The maximum absolute atomic E-state index is 13.6. The Labute approximate surface area is 226 Å². The van der Waals surface area contributed by atoms with E-state index in [1.54, 1.807) is 12.1 Å². The standard InChI is InChI=1S/C32H42N2O4/c35-30(18-13-19-31(36)37)33-28-22-20-25(21-23-28)24-29(26-14-9-8-10-15-26)32(38)34-27-16-11-6-4-2-1-3-5-7-12-17-27/h8-10,14-15,20-24,27H,1-7,11-13,16-19H2,(H,33,35)(H,34,38)(H,36,37). The summed E-state index contributed by atoms with van der Waals surface area (Å²) < 4.78 is 0. The molecule has 0 heterocycles. The molecular weight excluding hydrogens is 476 g/mol. The van der Waals surface area contributed by atoms with Crippen molar-refractivity contribution in [3.63, 3.8) is 0 Å². The SMILES string of the molecule is O=C(O)CCCC(=O)Nc1ccc(C=C(C(=O)NC2CCCCCCCCCCC2)c2ccccc2)cc1. The third-order valence-corrected chi connectivity index (χ3v) is 7.07. The number of amides is 2. The summed E-state index contributed by atoms with van der Waals surface area (Å²) in [6.45, 7) is 0. The number of carbonyl (C=O) groups is 3. The van der Waals surface area contributed by atoms with E-state index in [0.29, 0.717) is 17.7 Å². The number of carboxylic acids is 1. The number of rotatable bonds is 9. The van der Waals surface area contributed by atoms with Crippen molar-refractivity contribution in [2.45, 2.75) is 95.9 Å². The Kier molecular flexibility index (Phi) is 12.6. The molecule has 204 valence electrons. The Morgan fingerprint density at radius 1 is 0.763 bits per heavy atom. The van der Waals surface area contributed by atoms with Crippen LogP contribution in [0.25, 0.3) is 11.6 Å². The van der Waals surface area contributed by atoms with E-state index >= 15 is 0 Å². The van der Waals surface area contributed by atoms with Gasteiger partial charge in [-0.05, 0) is 48.6 Å². The molecule has 1 fully saturated rings. The minimum atomic E-state index is -0.904. The maximum atomic E-state index is 13.6. The highest BCUT2D eigenvalue weighted by Crippen LogP contribution is 2.22. The summed E-state index contributed by atoms with van der Waals surface area (Å²) >= 11 is 0. The van der Waals surface area contributed by atoms with Gasteiger partial charge in [0.05, 0.1) is 0 Å². The van der Waals surface area contributed by atoms with Crippen LogP contribution in [0.5, 0.6) is 0 Å². The van der Waals surface area contributed by atoms with E-state index in [2.05, 4.69) is 10.6 Å². The molecule has 6 nitrogen and oxygen atoms in total. The Balaban J connectivity index is 1.69. The summed E-state index contributed by atoms with van der Waals surface area (Å²) in [4.78, 5) is 36.3. The molecule has 0 radical (unpaired) electrons. The highest BCUT2D eigenvalue weighted by molar-refractivity contribution is 6.24. The molecule has 0 aliphatic heterocycles. The lowest BCUT2D eigenvalue weighted by atomic mass is 9.96. The van der Waals surface area contributed by atoms with Gasteiger partial charge in [-0.3, -0.25) is 14.4 Å². The number of carbonyl (C=O) groups excluding carboxylic acids is 2. The Bertz CT molecular complexity index is 1030. The quantitative estimate of drug-likeness (QED) is 0.241. The van der Waals surface area contributed by atoms with Crippen molar-refractivity contribution in [1.82, 2.24) is 5.32 Å². The van der Waals surface area contributed by atoms with E-state index in [9.17, 15) is 14.4 Å². The predicted octanol–water partition coefficient (Wildman–Crippen LogP) is 7.21. The third kappa shape index (κ3) is 10.9. The first kappa shape index (κ1) is 29.2. The number of nitrogens with one attached hydrogen (secondary N) is 2. The van der Waals surface area contributed by atoms with Crippen LogP contribution in [0.4, 0.5) is 5.69 Å². The fourth-order valence-corrected chi connectivity index (χ4v) is 4.92. The molecule has 38 heavy (non-hydrogen) atoms. The van der Waals surface area contributed by atoms with Crippen molar-refractivity contribution in [3.05, 3.63) is 65.7 Å². The average Bonchev–Trinajstić information content (AvgIpc) is 2.90. The molecule has 2 aromatic carbocycles. The Morgan fingerprint density at radius 2 is 1.34 bits per heavy atom. The number of anilines is 1. The van der Waals surface area contributed by atoms with Crippen LogP contribution in [-0.4, -0.2) is 28.9 Å². The number of aliphatic carboxylic acids is 1. The molecule has 0 unspecified atom stereocenters. The van der Waals surface area contributed by atoms with Gasteiger partial charge >= 0.3 is 5.97 Å². The van der Waals surface area contributed by atoms with Crippen LogP contribution < -0.4 is 10.6 Å². The van der Waals surface area contributed by atoms with E-state index in [4.69, 9.17) is 5.11 Å². The van der Waals surface area contributed by atoms with Gasteiger partial charge in [0.25, 0.3) is 5.91 Å². The summed E-state index contributed by atoms with van der Waals surface area (Å²) in [5, 5.41) is 14.9. The number of hydrogen-bond donors (Lipinski definition) is 3. The summed E-state index contributed by atoms with van der Waals surface area (Å²) in [6.07, 6.45) is 15.7. The second-order valence-corrected chi connectivity index (χ2v) is 10.3. The van der Waals surface area contributed by atoms with Gasteiger partial charge in [-0.1, -0.05) is 100 Å². The first-order valence-corrected chi connectivity index (χ1v) is 14.2. The van der Waals surface area contributed by atoms with Crippen molar-refractivity contribution in [2.24, 2.45) is 0 Å². The fraction of sp³-hybridized carbons (Fsp3) is 0.469. The van der Waals surface area contributed by atoms with E-state index < -0.39 is 5.97 Å². The van der Waals surface area contributed by atoms with Crippen molar-refractivity contribution in [3.8, 4) is 0 Å². The molecule has 1 aliphatic rings. The van der Waals surface area contributed by atoms with Crippen LogP contribution in [0, 0.1) is 0 Å². The molecule has 0 spiro atoms. The lowest BCUT2D eigenvalue weighted by molar-refractivity contribution is -0.137. The van der Waals surface area contributed by atoms with Gasteiger partial charge in [0, 0.05) is 30.1 Å². The van der Waals surface area contributed by atoms with Crippen molar-refractivity contribution >= 4 is 35.1 Å². The lowest BCUT2D eigenvalue weighted by Crippen LogP contribution is -2.35. The molecule has 6 heteroatoms. The summed E-state index contributed by atoms with van der Waals surface area (Å²) in [5.41, 5.74) is 3.00. The highest BCUT2D eigenvalue weighted by Gasteiger charge is 2.17. The molecule has 0 aromatic heterocycles. The van der Waals surface area contributed by atoms with Gasteiger partial charge in [-0.25, -0.2) is 0 Å². The molecule has 0 atom stereocenters. The molecule has 3 rings (SSSR count). The molecule has 2 amide bonds. The van der Waals surface area contributed by atoms with Crippen LogP contribution in [0.3, 0.4) is 0 Å². The Morgan fingerprint density at radius 3 is 1.92 bits per heavy atom. The minimum Gasteiger partial charge on any atom is -0.481 e. The molecule has 1 aliphatic carbocycles. The summed E-state index contributed by atoms with van der Waals surface area (Å²) in [7, 11) is 0. The van der Waals surface area contributed by atoms with Crippen LogP contribution in [0.2, 0.25) is 0 Å². The normalized spacial score (nSPS) is 16.1. The predicted molar refractivity (Wildman–Crippen MR) is 154 cm³/mol. The lowest BCUT2D eigenvalue weighted by Gasteiger charge is -2.21. The second kappa shape index (κ2) is 16.4. The maximum Gasteiger partial charge on any atom is 0.303 e. The van der Waals surface area contributed by atoms with Gasteiger partial charge in [0.2, 0.25) is 5.91 Å². The number of benzene rings is 2. The first-order chi connectivity index (χ1) is 18.5. The zero-order valence-corrected chi connectivity index (χ0v) is 22.4. The second-order valence-electron chi connectivity index (χ2n) is 10.3. The van der Waals surface area contributed by atoms with Gasteiger partial charge in [-0.2, -0.15) is 0 Å². The van der Waals surface area contributed by atoms with Crippen LogP contribution in [0.15, 0.2) is 54.6 Å². The molecule has 3 N–H and O–H groups in total. The fourth-order valence-electron chi connectivity index (χ4n) is 4.92. The molecule has 1 saturated carbocycles. The van der Waals surface area contributed by atoms with Gasteiger partial charge in [-0.15, -0.1) is 0 Å². The smallest absolute Gasteiger partial charge is 0.303 e. The average molecular weight is 519 g/mol. The summed E-state index contributed by atoms with van der Waals surface area (Å²) in [6, 6.07) is 17.3. The van der Waals surface area contributed by atoms with Crippen molar-refractivity contribution < 1.29 is 19.5 Å². The van der Waals surface area contributed by atoms with E-state index in [-0.39, 0.29) is 30.7 Å². The largest absolute Gasteiger partial charge is 0.481 e. The van der Waals surface area contributed by atoms with E-state index in [1.165, 1.54) is 44.9 Å². The zero-order chi connectivity index (χ0) is 27.0. The monoisotopic (exact) mass is 518 g/mol. The third-order valence-electron chi connectivity index (χ3n) is 7.07. The van der Waals surface area contributed by atoms with Crippen molar-refractivity contribution in [1.29, 1.82) is 0 Å². The Hall–Kier alpha value is -3.41. The highest BCUT2D eigenvalue weighted by atomic mass is 16.4. The van der Waals surface area contributed by atoms with E-state index in [1.807, 2.05) is 48.5 Å². The first-order valence-electron chi connectivity index (χ1n) is 14.2. The summed E-state index contributed by atoms with van der Waals surface area (Å²) in [5.74, 6) is -1.17. The molecular formula is C32H42N2O4. The van der Waals surface area contributed by atoms with Gasteiger partial charge < -0.3 is 15.7 Å².